The molecule has 4 nitrogen and oxygen atoms in total. The highest BCUT2D eigenvalue weighted by Gasteiger charge is 2.34. The van der Waals surface area contributed by atoms with E-state index in [2.05, 4.69) is 6.07 Å². The zero-order valence-corrected chi connectivity index (χ0v) is 13.8. The average molecular weight is 323 g/mol. The minimum absolute atomic E-state index is 0.110. The molecule has 22 heavy (non-hydrogen) atoms. The van der Waals surface area contributed by atoms with Crippen LogP contribution in [0.2, 0.25) is 0 Å². The van der Waals surface area contributed by atoms with Crippen LogP contribution in [0.25, 0.3) is 0 Å². The molecule has 122 valence electrons. The molecular formula is C17H25NO3S. The van der Waals surface area contributed by atoms with Gasteiger partial charge in [0, 0.05) is 6.54 Å². The SMILES string of the molecule is O=S(=O)(CCC1CC1)N(CCO)C1CCCc2ccccc21. The van der Waals surface area contributed by atoms with Crippen LogP contribution >= 0.6 is 0 Å². The summed E-state index contributed by atoms with van der Waals surface area (Å²) < 4.78 is 27.1. The van der Waals surface area contributed by atoms with Gasteiger partial charge in [-0.05, 0) is 42.7 Å². The van der Waals surface area contributed by atoms with Crippen LogP contribution in [0.4, 0.5) is 0 Å². The summed E-state index contributed by atoms with van der Waals surface area (Å²) in [6, 6.07) is 8.01. The average Bonchev–Trinajstić information content (AvgIpc) is 3.35. The lowest BCUT2D eigenvalue weighted by molar-refractivity contribution is 0.215. The second kappa shape index (κ2) is 6.69. The number of nitrogens with zero attached hydrogens (tertiary/aromatic N) is 1. The molecule has 2 aliphatic rings. The van der Waals surface area contributed by atoms with E-state index in [0.29, 0.717) is 5.92 Å². The number of hydrogen-bond donors (Lipinski definition) is 1. The Balaban J connectivity index is 1.84. The summed E-state index contributed by atoms with van der Waals surface area (Å²) in [4.78, 5) is 0. The molecule has 1 aromatic rings. The summed E-state index contributed by atoms with van der Waals surface area (Å²) in [7, 11) is -3.31. The van der Waals surface area contributed by atoms with E-state index in [0.717, 1.165) is 31.2 Å². The van der Waals surface area contributed by atoms with Crippen molar-refractivity contribution >= 4 is 10.0 Å². The van der Waals surface area contributed by atoms with Crippen molar-refractivity contribution in [2.45, 2.75) is 44.6 Å². The van der Waals surface area contributed by atoms with Crippen LogP contribution in [0.1, 0.15) is 49.3 Å². The van der Waals surface area contributed by atoms with Crippen molar-refractivity contribution in [3.63, 3.8) is 0 Å². The summed E-state index contributed by atoms with van der Waals surface area (Å²) in [6.45, 7) is 0.0767. The molecule has 1 fully saturated rings. The highest BCUT2D eigenvalue weighted by Crippen LogP contribution is 2.37. The van der Waals surface area contributed by atoms with Gasteiger partial charge < -0.3 is 5.11 Å². The molecule has 1 saturated carbocycles. The molecular weight excluding hydrogens is 298 g/mol. The summed E-state index contributed by atoms with van der Waals surface area (Å²) in [5, 5.41) is 9.36. The highest BCUT2D eigenvalue weighted by molar-refractivity contribution is 7.89. The van der Waals surface area contributed by atoms with Gasteiger partial charge in [-0.1, -0.05) is 37.1 Å². The maximum absolute atomic E-state index is 12.8. The highest BCUT2D eigenvalue weighted by atomic mass is 32.2. The first kappa shape index (κ1) is 16.0. The normalized spacial score (nSPS) is 21.8. The Hall–Kier alpha value is -0.910. The van der Waals surface area contributed by atoms with Gasteiger partial charge in [0.2, 0.25) is 10.0 Å². The molecule has 1 unspecified atom stereocenters. The number of sulfonamides is 1. The summed E-state index contributed by atoms with van der Waals surface area (Å²) in [5.41, 5.74) is 2.37. The number of benzene rings is 1. The quantitative estimate of drug-likeness (QED) is 0.839. The van der Waals surface area contributed by atoms with E-state index in [1.165, 1.54) is 18.4 Å². The van der Waals surface area contributed by atoms with E-state index in [1.807, 2.05) is 18.2 Å². The number of rotatable bonds is 7. The van der Waals surface area contributed by atoms with E-state index >= 15 is 0 Å². The minimum atomic E-state index is -3.31. The molecule has 0 bridgehead atoms. The number of aliphatic hydroxyl groups is 1. The van der Waals surface area contributed by atoms with Gasteiger partial charge in [-0.3, -0.25) is 0 Å². The molecule has 0 amide bonds. The van der Waals surface area contributed by atoms with Gasteiger partial charge in [0.05, 0.1) is 18.4 Å². The molecule has 0 radical (unpaired) electrons. The first-order valence-electron chi connectivity index (χ1n) is 8.30. The molecule has 0 heterocycles. The third-order valence-electron chi connectivity index (χ3n) is 4.84. The maximum Gasteiger partial charge on any atom is 0.214 e. The number of aliphatic hydroxyl groups excluding tert-OH is 1. The fourth-order valence-corrected chi connectivity index (χ4v) is 5.29. The van der Waals surface area contributed by atoms with Crippen LogP contribution in [0.3, 0.4) is 0 Å². The molecule has 2 aliphatic carbocycles. The molecule has 3 rings (SSSR count). The Bertz CT molecular complexity index is 610. The topological polar surface area (TPSA) is 57.6 Å². The largest absolute Gasteiger partial charge is 0.395 e. The summed E-state index contributed by atoms with van der Waals surface area (Å²) >= 11 is 0. The fourth-order valence-electron chi connectivity index (χ4n) is 3.45. The Kier molecular flexibility index (Phi) is 4.85. The molecule has 1 N–H and O–H groups in total. The predicted octanol–water partition coefficient (Wildman–Crippen LogP) is 2.49. The van der Waals surface area contributed by atoms with Gasteiger partial charge in [0.1, 0.15) is 0 Å². The van der Waals surface area contributed by atoms with Crippen molar-refractivity contribution in [1.82, 2.24) is 4.31 Å². The maximum atomic E-state index is 12.8. The number of aryl methyl sites for hydroxylation is 1. The molecule has 0 spiro atoms. The Labute approximate surface area is 133 Å². The lowest BCUT2D eigenvalue weighted by Gasteiger charge is -2.34. The van der Waals surface area contributed by atoms with Gasteiger partial charge >= 0.3 is 0 Å². The monoisotopic (exact) mass is 323 g/mol. The molecule has 5 heteroatoms. The molecule has 1 aromatic carbocycles. The molecule has 0 aliphatic heterocycles. The third-order valence-corrected chi connectivity index (χ3v) is 6.75. The van der Waals surface area contributed by atoms with E-state index in [9.17, 15) is 13.5 Å². The fraction of sp³-hybridized carbons (Fsp3) is 0.647. The van der Waals surface area contributed by atoms with Gasteiger partial charge in [0.25, 0.3) is 0 Å². The van der Waals surface area contributed by atoms with Crippen LogP contribution in [0, 0.1) is 5.92 Å². The smallest absolute Gasteiger partial charge is 0.214 e. The molecule has 0 saturated heterocycles. The van der Waals surface area contributed by atoms with Gasteiger partial charge in [-0.15, -0.1) is 0 Å². The van der Waals surface area contributed by atoms with Crippen LogP contribution in [0.5, 0.6) is 0 Å². The van der Waals surface area contributed by atoms with Crippen LogP contribution < -0.4 is 0 Å². The predicted molar refractivity (Wildman–Crippen MR) is 87.0 cm³/mol. The first-order valence-corrected chi connectivity index (χ1v) is 9.91. The Morgan fingerprint density at radius 2 is 1.95 bits per heavy atom. The molecule has 1 atom stereocenters. The Morgan fingerprint density at radius 3 is 2.68 bits per heavy atom. The second-order valence-corrected chi connectivity index (χ2v) is 8.53. The van der Waals surface area contributed by atoms with E-state index < -0.39 is 10.0 Å². The third kappa shape index (κ3) is 3.53. The lowest BCUT2D eigenvalue weighted by atomic mass is 9.88. The first-order chi connectivity index (χ1) is 10.6. The molecule has 0 aromatic heterocycles. The van der Waals surface area contributed by atoms with Crippen LogP contribution in [-0.2, 0) is 16.4 Å². The van der Waals surface area contributed by atoms with Crippen molar-refractivity contribution in [3.05, 3.63) is 35.4 Å². The van der Waals surface area contributed by atoms with E-state index in [1.54, 1.807) is 4.31 Å². The van der Waals surface area contributed by atoms with E-state index in [4.69, 9.17) is 0 Å². The Morgan fingerprint density at radius 1 is 1.18 bits per heavy atom. The lowest BCUT2D eigenvalue weighted by Crippen LogP contribution is -2.40. The van der Waals surface area contributed by atoms with Gasteiger partial charge in [-0.2, -0.15) is 4.31 Å². The van der Waals surface area contributed by atoms with Crippen molar-refractivity contribution in [2.24, 2.45) is 5.92 Å². The minimum Gasteiger partial charge on any atom is -0.395 e. The zero-order valence-electron chi connectivity index (χ0n) is 12.9. The van der Waals surface area contributed by atoms with E-state index in [-0.39, 0.29) is 24.9 Å². The number of hydrogen-bond acceptors (Lipinski definition) is 3. The standard InChI is InChI=1S/C17H25NO3S/c19-12-11-18(22(20,21)13-10-14-8-9-14)17-7-3-5-15-4-1-2-6-16(15)17/h1-2,4,6,14,17,19H,3,5,7-13H2. The van der Waals surface area contributed by atoms with Crippen molar-refractivity contribution in [2.75, 3.05) is 18.9 Å². The van der Waals surface area contributed by atoms with Gasteiger partial charge in [0.15, 0.2) is 0 Å². The van der Waals surface area contributed by atoms with Crippen molar-refractivity contribution in [3.8, 4) is 0 Å². The second-order valence-electron chi connectivity index (χ2n) is 6.49. The van der Waals surface area contributed by atoms with Crippen molar-refractivity contribution < 1.29 is 13.5 Å². The summed E-state index contributed by atoms with van der Waals surface area (Å²) in [5.74, 6) is 0.820. The van der Waals surface area contributed by atoms with Crippen LogP contribution in [-0.4, -0.2) is 36.7 Å². The van der Waals surface area contributed by atoms with Crippen LogP contribution in [0.15, 0.2) is 24.3 Å². The number of fused-ring (bicyclic) bond motifs is 1. The zero-order chi connectivity index (χ0) is 15.6. The van der Waals surface area contributed by atoms with Gasteiger partial charge in [-0.25, -0.2) is 8.42 Å². The summed E-state index contributed by atoms with van der Waals surface area (Å²) in [6.07, 6.45) is 5.96. The van der Waals surface area contributed by atoms with Crippen molar-refractivity contribution in [1.29, 1.82) is 0 Å².